The highest BCUT2D eigenvalue weighted by Gasteiger charge is 2.22. The van der Waals surface area contributed by atoms with Gasteiger partial charge in [0.1, 0.15) is 5.56 Å². The minimum absolute atomic E-state index is 0.0790. The van der Waals surface area contributed by atoms with Gasteiger partial charge in [-0.15, -0.1) is 0 Å². The Bertz CT molecular complexity index is 451. The summed E-state index contributed by atoms with van der Waals surface area (Å²) in [6, 6.07) is 4.16. The van der Waals surface area contributed by atoms with Gasteiger partial charge in [0, 0.05) is 12.6 Å². The van der Waals surface area contributed by atoms with Crippen molar-refractivity contribution in [2.24, 2.45) is 0 Å². The molecule has 7 heteroatoms. The van der Waals surface area contributed by atoms with Crippen LogP contribution in [-0.2, 0) is 0 Å². The molecule has 0 fully saturated rings. The fourth-order valence-electron chi connectivity index (χ4n) is 1.45. The molecule has 0 aliphatic rings. The molecule has 1 rings (SSSR count). The van der Waals surface area contributed by atoms with E-state index in [0.717, 1.165) is 13.0 Å². The van der Waals surface area contributed by atoms with Crippen LogP contribution in [0, 0.1) is 10.1 Å². The molecule has 18 heavy (non-hydrogen) atoms. The molecule has 0 aromatic heterocycles. The largest absolute Gasteiger partial charge is 0.352 e. The maximum Gasteiger partial charge on any atom is 0.283 e. The highest BCUT2D eigenvalue weighted by Crippen LogP contribution is 2.25. The average Bonchev–Trinajstić information content (AvgIpc) is 2.34. The van der Waals surface area contributed by atoms with Crippen molar-refractivity contribution >= 4 is 23.2 Å². The molecule has 1 aromatic rings. The van der Waals surface area contributed by atoms with Crippen molar-refractivity contribution in [1.82, 2.24) is 10.6 Å². The lowest BCUT2D eigenvalue weighted by Gasteiger charge is -2.07. The van der Waals surface area contributed by atoms with Crippen LogP contribution >= 0.6 is 11.6 Å². The molecular weight excluding hydrogens is 258 g/mol. The van der Waals surface area contributed by atoms with Crippen LogP contribution in [-0.4, -0.2) is 31.0 Å². The molecule has 0 heterocycles. The number of hydrogen-bond donors (Lipinski definition) is 2. The lowest BCUT2D eigenvalue weighted by Crippen LogP contribution is -2.27. The Morgan fingerprint density at radius 2 is 2.17 bits per heavy atom. The van der Waals surface area contributed by atoms with Gasteiger partial charge in [0.25, 0.3) is 11.6 Å². The molecule has 0 saturated carbocycles. The second-order valence-corrected chi connectivity index (χ2v) is 4.01. The summed E-state index contributed by atoms with van der Waals surface area (Å²) in [7, 11) is 1.81. The fourth-order valence-corrected chi connectivity index (χ4v) is 1.70. The first-order valence-corrected chi connectivity index (χ1v) is 5.81. The van der Waals surface area contributed by atoms with Gasteiger partial charge in [-0.3, -0.25) is 14.9 Å². The normalized spacial score (nSPS) is 10.1. The van der Waals surface area contributed by atoms with E-state index in [0.29, 0.717) is 6.54 Å². The number of nitro groups is 1. The number of benzene rings is 1. The van der Waals surface area contributed by atoms with Crippen LogP contribution in [0.2, 0.25) is 5.02 Å². The van der Waals surface area contributed by atoms with Crippen molar-refractivity contribution in [1.29, 1.82) is 0 Å². The minimum atomic E-state index is -0.617. The van der Waals surface area contributed by atoms with Gasteiger partial charge in [-0.05, 0) is 26.1 Å². The number of nitrogens with zero attached hydrogens (tertiary/aromatic N) is 1. The zero-order valence-electron chi connectivity index (χ0n) is 9.90. The number of nitro benzene ring substituents is 1. The summed E-state index contributed by atoms with van der Waals surface area (Å²) < 4.78 is 0. The monoisotopic (exact) mass is 271 g/mol. The van der Waals surface area contributed by atoms with Gasteiger partial charge in [0.2, 0.25) is 0 Å². The Morgan fingerprint density at radius 3 is 2.78 bits per heavy atom. The highest BCUT2D eigenvalue weighted by atomic mass is 35.5. The summed E-state index contributed by atoms with van der Waals surface area (Å²) in [5.74, 6) is -0.525. The number of carbonyl (C=O) groups is 1. The zero-order valence-corrected chi connectivity index (χ0v) is 10.7. The second kappa shape index (κ2) is 6.93. The molecule has 1 amide bonds. The van der Waals surface area contributed by atoms with Gasteiger partial charge in [-0.2, -0.15) is 0 Å². The first-order valence-electron chi connectivity index (χ1n) is 5.43. The summed E-state index contributed by atoms with van der Waals surface area (Å²) in [6.07, 6.45) is 0.737. The predicted octanol–water partition coefficient (Wildman–Crippen LogP) is 1.59. The van der Waals surface area contributed by atoms with E-state index < -0.39 is 10.8 Å². The SMILES string of the molecule is CNCCCNC(=O)c1c(Cl)cccc1[N+](=O)[O-]. The quantitative estimate of drug-likeness (QED) is 0.467. The zero-order chi connectivity index (χ0) is 13.5. The summed E-state index contributed by atoms with van der Waals surface area (Å²) in [5.41, 5.74) is -0.373. The molecule has 0 radical (unpaired) electrons. The molecule has 0 spiro atoms. The van der Waals surface area contributed by atoms with E-state index in [-0.39, 0.29) is 16.3 Å². The standard InChI is InChI=1S/C11H14ClN3O3/c1-13-6-3-7-14-11(16)10-8(12)4-2-5-9(10)15(17)18/h2,4-5,13H,3,6-7H2,1H3,(H,14,16). The van der Waals surface area contributed by atoms with Crippen LogP contribution < -0.4 is 10.6 Å². The lowest BCUT2D eigenvalue weighted by molar-refractivity contribution is -0.385. The molecule has 0 atom stereocenters. The van der Waals surface area contributed by atoms with E-state index in [4.69, 9.17) is 11.6 Å². The Hall–Kier alpha value is -1.66. The van der Waals surface area contributed by atoms with Gasteiger partial charge in [-0.1, -0.05) is 17.7 Å². The molecule has 1 aromatic carbocycles. The molecule has 0 unspecified atom stereocenters. The first kappa shape index (κ1) is 14.4. The van der Waals surface area contributed by atoms with Crippen LogP contribution in [0.1, 0.15) is 16.8 Å². The lowest BCUT2D eigenvalue weighted by atomic mass is 10.1. The van der Waals surface area contributed by atoms with Crippen molar-refractivity contribution in [2.45, 2.75) is 6.42 Å². The minimum Gasteiger partial charge on any atom is -0.352 e. The molecular formula is C11H14ClN3O3. The van der Waals surface area contributed by atoms with Crippen LogP contribution in [0.5, 0.6) is 0 Å². The average molecular weight is 272 g/mol. The summed E-state index contributed by atoms with van der Waals surface area (Å²) in [4.78, 5) is 22.0. The number of rotatable bonds is 6. The van der Waals surface area contributed by atoms with Crippen LogP contribution in [0.3, 0.4) is 0 Å². The third-order valence-corrected chi connectivity index (χ3v) is 2.62. The van der Waals surface area contributed by atoms with E-state index in [1.165, 1.54) is 18.2 Å². The molecule has 0 saturated heterocycles. The third-order valence-electron chi connectivity index (χ3n) is 2.30. The first-order chi connectivity index (χ1) is 8.57. The number of hydrogen-bond acceptors (Lipinski definition) is 4. The maximum absolute atomic E-state index is 11.8. The van der Waals surface area contributed by atoms with Crippen molar-refractivity contribution in [3.8, 4) is 0 Å². The van der Waals surface area contributed by atoms with Crippen LogP contribution in [0.4, 0.5) is 5.69 Å². The van der Waals surface area contributed by atoms with Gasteiger partial charge >= 0.3 is 0 Å². The van der Waals surface area contributed by atoms with E-state index >= 15 is 0 Å². The Morgan fingerprint density at radius 1 is 1.44 bits per heavy atom. The van der Waals surface area contributed by atoms with Crippen LogP contribution in [0.25, 0.3) is 0 Å². The van der Waals surface area contributed by atoms with Gasteiger partial charge in [-0.25, -0.2) is 0 Å². The van der Waals surface area contributed by atoms with Gasteiger partial charge < -0.3 is 10.6 Å². The molecule has 0 aliphatic carbocycles. The van der Waals surface area contributed by atoms with Crippen molar-refractivity contribution < 1.29 is 9.72 Å². The topological polar surface area (TPSA) is 84.3 Å². The predicted molar refractivity (Wildman–Crippen MR) is 69.0 cm³/mol. The molecule has 6 nitrogen and oxygen atoms in total. The smallest absolute Gasteiger partial charge is 0.283 e. The molecule has 0 bridgehead atoms. The summed E-state index contributed by atoms with van der Waals surface area (Å²) in [6.45, 7) is 1.19. The number of nitrogens with one attached hydrogen (secondary N) is 2. The Kier molecular flexibility index (Phi) is 5.54. The summed E-state index contributed by atoms with van der Waals surface area (Å²) >= 11 is 5.83. The number of amides is 1. The Balaban J connectivity index is 2.81. The van der Waals surface area contributed by atoms with Gasteiger partial charge in [0.05, 0.1) is 9.95 Å². The number of halogens is 1. The van der Waals surface area contributed by atoms with Crippen molar-refractivity contribution in [3.63, 3.8) is 0 Å². The third kappa shape index (κ3) is 3.68. The summed E-state index contributed by atoms with van der Waals surface area (Å²) in [5, 5.41) is 16.4. The van der Waals surface area contributed by atoms with E-state index in [1.807, 2.05) is 0 Å². The van der Waals surface area contributed by atoms with E-state index in [1.54, 1.807) is 7.05 Å². The highest BCUT2D eigenvalue weighted by molar-refractivity contribution is 6.34. The Labute approximate surface area is 109 Å². The molecule has 2 N–H and O–H groups in total. The molecule has 98 valence electrons. The van der Waals surface area contributed by atoms with Crippen molar-refractivity contribution in [3.05, 3.63) is 38.9 Å². The second-order valence-electron chi connectivity index (χ2n) is 3.60. The van der Waals surface area contributed by atoms with Crippen molar-refractivity contribution in [2.75, 3.05) is 20.1 Å². The number of carbonyl (C=O) groups excluding carboxylic acids is 1. The van der Waals surface area contributed by atoms with Gasteiger partial charge in [0.15, 0.2) is 0 Å². The maximum atomic E-state index is 11.8. The molecule has 0 aliphatic heterocycles. The van der Waals surface area contributed by atoms with E-state index in [9.17, 15) is 14.9 Å². The van der Waals surface area contributed by atoms with E-state index in [2.05, 4.69) is 10.6 Å². The van der Waals surface area contributed by atoms with Crippen LogP contribution in [0.15, 0.2) is 18.2 Å². The fraction of sp³-hybridized carbons (Fsp3) is 0.364.